The molecule has 0 aromatic carbocycles. The van der Waals surface area contributed by atoms with Gasteiger partial charge in [-0.25, -0.2) is 4.79 Å². The zero-order chi connectivity index (χ0) is 13.9. The minimum Gasteiger partial charge on any atom is -0.465 e. The van der Waals surface area contributed by atoms with Crippen molar-refractivity contribution in [2.45, 2.75) is 57.5 Å². The minimum atomic E-state index is -0.457. The van der Waals surface area contributed by atoms with Crippen LogP contribution in [0.2, 0.25) is 0 Å². The Morgan fingerprint density at radius 2 is 2.00 bits per heavy atom. The third-order valence-corrected chi connectivity index (χ3v) is 4.08. The summed E-state index contributed by atoms with van der Waals surface area (Å²) in [6.45, 7) is 6.34. The lowest BCUT2D eigenvalue weighted by Crippen LogP contribution is -2.61. The molecule has 0 radical (unpaired) electrons. The molecule has 0 saturated heterocycles. The molecule has 2 aliphatic rings. The van der Waals surface area contributed by atoms with Gasteiger partial charge in [0, 0.05) is 12.6 Å². The standard InChI is InChI=1S/C15H28N2O2/c1-4-10-17(3)11-15(12-6-7-12,14(18)19-5-2)16-13-8-9-13/h12-13,16H,4-11H2,1-3H3. The van der Waals surface area contributed by atoms with Crippen LogP contribution >= 0.6 is 0 Å². The van der Waals surface area contributed by atoms with Crippen molar-refractivity contribution in [2.75, 3.05) is 26.7 Å². The second-order valence-corrected chi connectivity index (χ2v) is 6.12. The van der Waals surface area contributed by atoms with Gasteiger partial charge in [0.25, 0.3) is 0 Å². The van der Waals surface area contributed by atoms with Crippen molar-refractivity contribution >= 4 is 5.97 Å². The highest BCUT2D eigenvalue weighted by Gasteiger charge is 2.54. The van der Waals surface area contributed by atoms with Crippen molar-refractivity contribution in [3.63, 3.8) is 0 Å². The maximum atomic E-state index is 12.5. The van der Waals surface area contributed by atoms with Crippen LogP contribution in [0, 0.1) is 5.92 Å². The lowest BCUT2D eigenvalue weighted by molar-refractivity contribution is -0.153. The summed E-state index contributed by atoms with van der Waals surface area (Å²) in [4.78, 5) is 14.8. The largest absolute Gasteiger partial charge is 0.465 e. The maximum absolute atomic E-state index is 12.5. The molecule has 0 aromatic rings. The summed E-state index contributed by atoms with van der Waals surface area (Å²) in [5.41, 5.74) is -0.457. The van der Waals surface area contributed by atoms with Crippen LogP contribution in [0.5, 0.6) is 0 Å². The summed E-state index contributed by atoms with van der Waals surface area (Å²) < 4.78 is 5.39. The van der Waals surface area contributed by atoms with Gasteiger partial charge in [0.15, 0.2) is 0 Å². The molecule has 1 unspecified atom stereocenters. The van der Waals surface area contributed by atoms with Gasteiger partial charge in [0.2, 0.25) is 0 Å². The Morgan fingerprint density at radius 3 is 2.47 bits per heavy atom. The summed E-state index contributed by atoms with van der Waals surface area (Å²) in [5.74, 6) is 0.429. The van der Waals surface area contributed by atoms with Gasteiger partial charge in [-0.05, 0) is 58.5 Å². The molecule has 0 amide bonds. The number of hydrogen-bond acceptors (Lipinski definition) is 4. The van der Waals surface area contributed by atoms with Gasteiger partial charge in [0.1, 0.15) is 5.54 Å². The molecule has 0 aliphatic heterocycles. The van der Waals surface area contributed by atoms with E-state index in [1.54, 1.807) is 0 Å². The maximum Gasteiger partial charge on any atom is 0.327 e. The Kier molecular flexibility index (Phi) is 4.85. The number of esters is 1. The van der Waals surface area contributed by atoms with Crippen LogP contribution in [0.1, 0.15) is 46.0 Å². The number of carbonyl (C=O) groups excluding carboxylic acids is 1. The van der Waals surface area contributed by atoms with Gasteiger partial charge >= 0.3 is 5.97 Å². The third-order valence-electron chi connectivity index (χ3n) is 4.08. The van der Waals surface area contributed by atoms with Crippen LogP contribution in [0.15, 0.2) is 0 Å². The number of nitrogens with zero attached hydrogens (tertiary/aromatic N) is 1. The Labute approximate surface area is 116 Å². The molecule has 1 atom stereocenters. The molecular formula is C15H28N2O2. The van der Waals surface area contributed by atoms with Crippen molar-refractivity contribution in [3.8, 4) is 0 Å². The van der Waals surface area contributed by atoms with Gasteiger partial charge in [-0.3, -0.25) is 5.32 Å². The fourth-order valence-electron chi connectivity index (χ4n) is 2.90. The van der Waals surface area contributed by atoms with E-state index in [2.05, 4.69) is 24.2 Å². The zero-order valence-corrected chi connectivity index (χ0v) is 12.6. The van der Waals surface area contributed by atoms with Crippen LogP contribution < -0.4 is 5.32 Å². The molecule has 2 fully saturated rings. The lowest BCUT2D eigenvalue weighted by Gasteiger charge is -2.36. The first-order valence-electron chi connectivity index (χ1n) is 7.75. The molecule has 4 heteroatoms. The van der Waals surface area contributed by atoms with E-state index in [9.17, 15) is 4.79 Å². The number of hydrogen-bond donors (Lipinski definition) is 1. The average Bonchev–Trinajstić information content (AvgIpc) is 3.22. The summed E-state index contributed by atoms with van der Waals surface area (Å²) in [5, 5.41) is 3.62. The monoisotopic (exact) mass is 268 g/mol. The van der Waals surface area contributed by atoms with Crippen molar-refractivity contribution < 1.29 is 9.53 Å². The molecule has 0 bridgehead atoms. The number of carbonyl (C=O) groups is 1. The average molecular weight is 268 g/mol. The highest BCUT2D eigenvalue weighted by Crippen LogP contribution is 2.42. The van der Waals surface area contributed by atoms with E-state index < -0.39 is 5.54 Å². The van der Waals surface area contributed by atoms with E-state index in [-0.39, 0.29) is 5.97 Å². The van der Waals surface area contributed by atoms with Crippen LogP contribution in [0.3, 0.4) is 0 Å². The smallest absolute Gasteiger partial charge is 0.327 e. The van der Waals surface area contributed by atoms with Crippen molar-refractivity contribution in [1.82, 2.24) is 10.2 Å². The van der Waals surface area contributed by atoms with Crippen molar-refractivity contribution in [1.29, 1.82) is 0 Å². The van der Waals surface area contributed by atoms with Crippen molar-refractivity contribution in [3.05, 3.63) is 0 Å². The molecule has 0 heterocycles. The fraction of sp³-hybridized carbons (Fsp3) is 0.933. The summed E-state index contributed by atoms with van der Waals surface area (Å²) in [7, 11) is 2.11. The Morgan fingerprint density at radius 1 is 1.32 bits per heavy atom. The van der Waals surface area contributed by atoms with E-state index in [4.69, 9.17) is 4.74 Å². The summed E-state index contributed by atoms with van der Waals surface area (Å²) in [6, 6.07) is 0.528. The van der Waals surface area contributed by atoms with Gasteiger partial charge < -0.3 is 9.64 Å². The molecule has 19 heavy (non-hydrogen) atoms. The highest BCUT2D eigenvalue weighted by molar-refractivity contribution is 5.82. The minimum absolute atomic E-state index is 0.0349. The quantitative estimate of drug-likeness (QED) is 0.647. The van der Waals surface area contributed by atoms with Gasteiger partial charge in [-0.15, -0.1) is 0 Å². The summed E-state index contributed by atoms with van der Waals surface area (Å²) in [6.07, 6.45) is 5.82. The molecular weight excluding hydrogens is 240 g/mol. The summed E-state index contributed by atoms with van der Waals surface area (Å²) >= 11 is 0. The van der Waals surface area contributed by atoms with Gasteiger partial charge in [0.05, 0.1) is 6.61 Å². The van der Waals surface area contributed by atoms with Crippen molar-refractivity contribution in [2.24, 2.45) is 5.92 Å². The molecule has 0 aromatic heterocycles. The molecule has 1 N–H and O–H groups in total. The fourth-order valence-corrected chi connectivity index (χ4v) is 2.90. The highest BCUT2D eigenvalue weighted by atomic mass is 16.5. The molecule has 2 saturated carbocycles. The zero-order valence-electron chi connectivity index (χ0n) is 12.6. The second-order valence-electron chi connectivity index (χ2n) is 6.12. The van der Waals surface area contributed by atoms with E-state index >= 15 is 0 Å². The normalized spacial score (nSPS) is 22.3. The molecule has 2 aliphatic carbocycles. The Hall–Kier alpha value is -0.610. The van der Waals surface area contributed by atoms with Gasteiger partial charge in [-0.2, -0.15) is 0 Å². The van der Waals surface area contributed by atoms with Gasteiger partial charge in [-0.1, -0.05) is 6.92 Å². The molecule has 0 spiro atoms. The van der Waals surface area contributed by atoms with E-state index in [0.717, 1.165) is 32.4 Å². The Bertz CT molecular complexity index is 313. The topological polar surface area (TPSA) is 41.6 Å². The van der Waals surface area contributed by atoms with Crippen LogP contribution in [0.4, 0.5) is 0 Å². The number of ether oxygens (including phenoxy) is 1. The Balaban J connectivity index is 2.09. The molecule has 4 nitrogen and oxygen atoms in total. The number of nitrogens with one attached hydrogen (secondary N) is 1. The first kappa shape index (κ1) is 14.8. The van der Waals surface area contributed by atoms with Crippen LogP contribution in [-0.2, 0) is 9.53 Å². The predicted molar refractivity (Wildman–Crippen MR) is 76.0 cm³/mol. The van der Waals surface area contributed by atoms with E-state index in [1.165, 1.54) is 12.8 Å². The van der Waals surface area contributed by atoms with E-state index in [1.807, 2.05) is 6.92 Å². The predicted octanol–water partition coefficient (Wildman–Crippen LogP) is 1.79. The van der Waals surface area contributed by atoms with E-state index in [0.29, 0.717) is 18.6 Å². The van der Waals surface area contributed by atoms with Crippen LogP contribution in [-0.4, -0.2) is 49.2 Å². The number of rotatable bonds is 9. The third kappa shape index (κ3) is 3.69. The lowest BCUT2D eigenvalue weighted by atomic mass is 9.91. The number of likely N-dealkylation sites (N-methyl/N-ethyl adjacent to an activating group) is 1. The first-order chi connectivity index (χ1) is 9.12. The SMILES string of the molecule is CCCN(C)CC(NC1CC1)(C(=O)OCC)C1CC1. The first-order valence-corrected chi connectivity index (χ1v) is 7.75. The van der Waals surface area contributed by atoms with Crippen LogP contribution in [0.25, 0.3) is 0 Å². The second kappa shape index (κ2) is 6.23. The molecule has 110 valence electrons. The molecule has 2 rings (SSSR count).